The van der Waals surface area contributed by atoms with Gasteiger partial charge in [0.05, 0.1) is 6.10 Å². The first-order valence-corrected chi connectivity index (χ1v) is 4.76. The summed E-state index contributed by atoms with van der Waals surface area (Å²) >= 11 is 0. The van der Waals surface area contributed by atoms with E-state index in [2.05, 4.69) is 0 Å². The van der Waals surface area contributed by atoms with E-state index in [-0.39, 0.29) is 6.10 Å². The molecule has 3 N–H and O–H groups in total. The number of benzene rings is 1. The van der Waals surface area contributed by atoms with Crippen LogP contribution in [0.5, 0.6) is 0 Å². The molecule has 1 aromatic rings. The van der Waals surface area contributed by atoms with E-state index in [1.54, 1.807) is 6.92 Å². The van der Waals surface area contributed by atoms with Crippen LogP contribution < -0.4 is 10.6 Å². The first-order chi connectivity index (χ1) is 6.52. The maximum absolute atomic E-state index is 9.27. The van der Waals surface area contributed by atoms with Gasteiger partial charge in [-0.15, -0.1) is 0 Å². The van der Waals surface area contributed by atoms with E-state index in [1.807, 2.05) is 37.1 Å². The number of anilines is 2. The molecule has 0 aliphatic carbocycles. The first-order valence-electron chi connectivity index (χ1n) is 4.76. The molecule has 0 radical (unpaired) electrons. The summed E-state index contributed by atoms with van der Waals surface area (Å²) in [6, 6.07) is 5.82. The summed E-state index contributed by atoms with van der Waals surface area (Å²) in [7, 11) is 1.95. The molecule has 14 heavy (non-hydrogen) atoms. The highest BCUT2D eigenvalue weighted by molar-refractivity contribution is 5.63. The minimum atomic E-state index is -0.333. The fourth-order valence-electron chi connectivity index (χ4n) is 1.55. The van der Waals surface area contributed by atoms with E-state index in [9.17, 15) is 5.11 Å². The van der Waals surface area contributed by atoms with Crippen LogP contribution in [0.2, 0.25) is 0 Å². The van der Waals surface area contributed by atoms with Gasteiger partial charge in [-0.3, -0.25) is 0 Å². The molecule has 78 valence electrons. The number of hydrogen-bond donors (Lipinski definition) is 2. The molecular weight excluding hydrogens is 176 g/mol. The van der Waals surface area contributed by atoms with Crippen LogP contribution in [0.25, 0.3) is 0 Å². The van der Waals surface area contributed by atoms with Crippen LogP contribution in [0.1, 0.15) is 12.5 Å². The average Bonchev–Trinajstić information content (AvgIpc) is 2.08. The van der Waals surface area contributed by atoms with Crippen LogP contribution in [0.15, 0.2) is 18.2 Å². The van der Waals surface area contributed by atoms with Crippen molar-refractivity contribution in [2.45, 2.75) is 20.0 Å². The van der Waals surface area contributed by atoms with Crippen molar-refractivity contribution in [2.24, 2.45) is 0 Å². The lowest BCUT2D eigenvalue weighted by molar-refractivity contribution is 0.201. The van der Waals surface area contributed by atoms with E-state index in [4.69, 9.17) is 5.73 Å². The number of rotatable bonds is 3. The van der Waals surface area contributed by atoms with Crippen molar-refractivity contribution in [3.8, 4) is 0 Å². The Morgan fingerprint density at radius 2 is 2.14 bits per heavy atom. The van der Waals surface area contributed by atoms with Gasteiger partial charge in [0, 0.05) is 25.0 Å². The van der Waals surface area contributed by atoms with Crippen LogP contribution in [0.3, 0.4) is 0 Å². The maximum Gasteiger partial charge on any atom is 0.0686 e. The molecule has 0 aliphatic heterocycles. The molecule has 0 heterocycles. The van der Waals surface area contributed by atoms with Crippen LogP contribution in [0, 0.1) is 6.92 Å². The third kappa shape index (κ3) is 2.39. The fourth-order valence-corrected chi connectivity index (χ4v) is 1.55. The highest BCUT2D eigenvalue weighted by atomic mass is 16.3. The highest BCUT2D eigenvalue weighted by Crippen LogP contribution is 2.23. The van der Waals surface area contributed by atoms with Crippen LogP contribution in [0.4, 0.5) is 11.4 Å². The molecule has 0 aromatic heterocycles. The van der Waals surface area contributed by atoms with Crippen LogP contribution in [-0.4, -0.2) is 24.8 Å². The lowest BCUT2D eigenvalue weighted by Gasteiger charge is -2.23. The van der Waals surface area contributed by atoms with E-state index in [0.717, 1.165) is 16.9 Å². The third-order valence-electron chi connectivity index (χ3n) is 2.30. The molecule has 0 aliphatic rings. The van der Waals surface area contributed by atoms with Gasteiger partial charge < -0.3 is 15.7 Å². The maximum atomic E-state index is 9.27. The van der Waals surface area contributed by atoms with Crippen molar-refractivity contribution in [2.75, 3.05) is 24.2 Å². The summed E-state index contributed by atoms with van der Waals surface area (Å²) in [5, 5.41) is 9.27. The number of aliphatic hydroxyl groups excluding tert-OH is 1. The van der Waals surface area contributed by atoms with Gasteiger partial charge in [0.2, 0.25) is 0 Å². The fraction of sp³-hybridized carbons (Fsp3) is 0.455. The number of nitrogens with two attached hydrogens (primary N) is 1. The van der Waals surface area contributed by atoms with Gasteiger partial charge in [-0.2, -0.15) is 0 Å². The predicted molar refractivity (Wildman–Crippen MR) is 60.5 cm³/mol. The van der Waals surface area contributed by atoms with Crippen molar-refractivity contribution < 1.29 is 5.11 Å². The minimum Gasteiger partial charge on any atom is -0.398 e. The summed E-state index contributed by atoms with van der Waals surface area (Å²) in [4.78, 5) is 2.01. The van der Waals surface area contributed by atoms with Crippen molar-refractivity contribution in [1.82, 2.24) is 0 Å². The van der Waals surface area contributed by atoms with E-state index >= 15 is 0 Å². The van der Waals surface area contributed by atoms with Gasteiger partial charge >= 0.3 is 0 Å². The third-order valence-corrected chi connectivity index (χ3v) is 2.30. The average molecular weight is 194 g/mol. The number of aliphatic hydroxyl groups is 1. The molecule has 1 unspecified atom stereocenters. The van der Waals surface area contributed by atoms with Crippen molar-refractivity contribution in [3.05, 3.63) is 23.8 Å². The summed E-state index contributed by atoms with van der Waals surface area (Å²) in [5.74, 6) is 0. The predicted octanol–water partition coefficient (Wildman–Crippen LogP) is 1.39. The second-order valence-electron chi connectivity index (χ2n) is 3.72. The lowest BCUT2D eigenvalue weighted by Crippen LogP contribution is -2.27. The number of nitrogens with zero attached hydrogens (tertiary/aromatic N) is 1. The first kappa shape index (κ1) is 10.9. The molecule has 1 rings (SSSR count). The molecule has 0 fully saturated rings. The van der Waals surface area contributed by atoms with Gasteiger partial charge in [-0.1, -0.05) is 6.07 Å². The lowest BCUT2D eigenvalue weighted by atomic mass is 10.1. The largest absolute Gasteiger partial charge is 0.398 e. The van der Waals surface area contributed by atoms with Crippen LogP contribution >= 0.6 is 0 Å². The van der Waals surface area contributed by atoms with Crippen molar-refractivity contribution >= 4 is 11.4 Å². The molecule has 0 bridgehead atoms. The summed E-state index contributed by atoms with van der Waals surface area (Å²) < 4.78 is 0. The van der Waals surface area contributed by atoms with Crippen LogP contribution in [-0.2, 0) is 0 Å². The second-order valence-corrected chi connectivity index (χ2v) is 3.72. The Hall–Kier alpha value is -1.22. The Labute approximate surface area is 85.2 Å². The van der Waals surface area contributed by atoms with Gasteiger partial charge in [0.1, 0.15) is 0 Å². The standard InChI is InChI=1S/C11H18N2O/c1-8(14)7-13(3)11-6-4-5-10(12)9(11)2/h4-6,8,14H,7,12H2,1-3H3. The summed E-state index contributed by atoms with van der Waals surface area (Å²) in [5.41, 5.74) is 8.73. The Kier molecular flexibility index (Phi) is 3.36. The smallest absolute Gasteiger partial charge is 0.0686 e. The van der Waals surface area contributed by atoms with E-state index < -0.39 is 0 Å². The number of likely N-dealkylation sites (N-methyl/N-ethyl adjacent to an activating group) is 1. The molecule has 3 nitrogen and oxygen atoms in total. The summed E-state index contributed by atoms with van der Waals surface area (Å²) in [6.45, 7) is 4.38. The highest BCUT2D eigenvalue weighted by Gasteiger charge is 2.08. The molecular formula is C11H18N2O. The SMILES string of the molecule is Cc1c(N)cccc1N(C)CC(C)O. The van der Waals surface area contributed by atoms with E-state index in [1.165, 1.54) is 0 Å². The molecule has 3 heteroatoms. The van der Waals surface area contributed by atoms with E-state index in [0.29, 0.717) is 6.54 Å². The minimum absolute atomic E-state index is 0.333. The molecule has 0 spiro atoms. The quantitative estimate of drug-likeness (QED) is 0.715. The van der Waals surface area contributed by atoms with Crippen molar-refractivity contribution in [1.29, 1.82) is 0 Å². The zero-order chi connectivity index (χ0) is 10.7. The molecule has 1 atom stereocenters. The van der Waals surface area contributed by atoms with Gasteiger partial charge in [0.15, 0.2) is 0 Å². The monoisotopic (exact) mass is 194 g/mol. The number of nitrogen functional groups attached to an aromatic ring is 1. The van der Waals surface area contributed by atoms with Gasteiger partial charge in [-0.25, -0.2) is 0 Å². The van der Waals surface area contributed by atoms with Gasteiger partial charge in [-0.05, 0) is 31.5 Å². The Morgan fingerprint density at radius 3 is 2.71 bits per heavy atom. The number of hydrogen-bond acceptors (Lipinski definition) is 3. The molecule has 0 saturated carbocycles. The zero-order valence-corrected chi connectivity index (χ0v) is 8.99. The van der Waals surface area contributed by atoms with Gasteiger partial charge in [0.25, 0.3) is 0 Å². The zero-order valence-electron chi connectivity index (χ0n) is 8.99. The Morgan fingerprint density at radius 1 is 1.50 bits per heavy atom. The normalized spacial score (nSPS) is 12.6. The molecule has 0 saturated heterocycles. The second kappa shape index (κ2) is 4.33. The Balaban J connectivity index is 2.89. The molecule has 0 amide bonds. The molecule has 1 aromatic carbocycles. The van der Waals surface area contributed by atoms with Crippen molar-refractivity contribution in [3.63, 3.8) is 0 Å². The Bertz CT molecular complexity index is 310. The topological polar surface area (TPSA) is 49.5 Å². The summed E-state index contributed by atoms with van der Waals surface area (Å²) in [6.07, 6.45) is -0.333.